The van der Waals surface area contributed by atoms with Crippen molar-refractivity contribution in [2.75, 3.05) is 13.2 Å². The normalized spacial score (nSPS) is 19.9. The van der Waals surface area contributed by atoms with Crippen molar-refractivity contribution in [3.8, 4) is 0 Å². The SMILES string of the molecule is CC1(C)OB(c2ccc(/C(N)=C/N(N)CCO)cc2)OC1(C)C. The second-order valence-corrected chi connectivity index (χ2v) is 6.76. The third kappa shape index (κ3) is 3.87. The van der Waals surface area contributed by atoms with Gasteiger partial charge >= 0.3 is 7.12 Å². The first kappa shape index (κ1) is 17.8. The lowest BCUT2D eigenvalue weighted by Crippen LogP contribution is -2.41. The highest BCUT2D eigenvalue weighted by Crippen LogP contribution is 2.36. The van der Waals surface area contributed by atoms with Crippen LogP contribution in [0.2, 0.25) is 0 Å². The second-order valence-electron chi connectivity index (χ2n) is 6.76. The molecule has 126 valence electrons. The highest BCUT2D eigenvalue weighted by molar-refractivity contribution is 6.62. The largest absolute Gasteiger partial charge is 0.494 e. The molecule has 0 aliphatic carbocycles. The van der Waals surface area contributed by atoms with Gasteiger partial charge in [0.1, 0.15) is 0 Å². The van der Waals surface area contributed by atoms with Crippen LogP contribution in [0.5, 0.6) is 0 Å². The van der Waals surface area contributed by atoms with Crippen LogP contribution in [-0.2, 0) is 9.31 Å². The lowest BCUT2D eigenvalue weighted by Gasteiger charge is -2.32. The van der Waals surface area contributed by atoms with E-state index in [0.29, 0.717) is 12.2 Å². The summed E-state index contributed by atoms with van der Waals surface area (Å²) in [6, 6.07) is 7.67. The minimum atomic E-state index is -0.389. The standard InChI is InChI=1S/C16H26BN3O3/c1-15(2)16(3,4)23-17(22-15)13-7-5-12(6-8-13)14(18)11-20(19)9-10-21/h5-8,11,21H,9-10,18-19H2,1-4H3/b14-11-. The molecule has 0 spiro atoms. The van der Waals surface area contributed by atoms with Gasteiger partial charge in [-0.25, -0.2) is 5.84 Å². The Kier molecular flexibility index (Phi) is 5.06. The molecule has 0 radical (unpaired) electrons. The number of hydrazine groups is 1. The zero-order valence-electron chi connectivity index (χ0n) is 14.2. The van der Waals surface area contributed by atoms with Gasteiger partial charge in [-0.2, -0.15) is 0 Å². The molecule has 2 rings (SSSR count). The van der Waals surface area contributed by atoms with Gasteiger partial charge in [-0.05, 0) is 38.7 Å². The molecule has 0 saturated carbocycles. The molecule has 7 heteroatoms. The van der Waals surface area contributed by atoms with E-state index in [1.165, 1.54) is 5.01 Å². The van der Waals surface area contributed by atoms with Gasteiger partial charge in [-0.1, -0.05) is 24.3 Å². The molecule has 1 aromatic rings. The third-order valence-electron chi connectivity index (χ3n) is 4.43. The van der Waals surface area contributed by atoms with Gasteiger partial charge in [0.2, 0.25) is 0 Å². The van der Waals surface area contributed by atoms with Crippen LogP contribution in [-0.4, -0.2) is 41.6 Å². The lowest BCUT2D eigenvalue weighted by atomic mass is 9.79. The van der Waals surface area contributed by atoms with E-state index in [4.69, 9.17) is 26.0 Å². The average Bonchev–Trinajstić information content (AvgIpc) is 2.68. The van der Waals surface area contributed by atoms with Crippen LogP contribution >= 0.6 is 0 Å². The van der Waals surface area contributed by atoms with Crippen molar-refractivity contribution >= 4 is 18.3 Å². The topological polar surface area (TPSA) is 94.0 Å². The minimum absolute atomic E-state index is 0.0266. The molecular formula is C16H26BN3O3. The van der Waals surface area contributed by atoms with Gasteiger partial charge in [0.05, 0.1) is 30.1 Å². The number of nitrogens with zero attached hydrogens (tertiary/aromatic N) is 1. The minimum Gasteiger partial charge on any atom is -0.399 e. The Morgan fingerprint density at radius 1 is 1.17 bits per heavy atom. The number of benzene rings is 1. The van der Waals surface area contributed by atoms with Crippen LogP contribution in [0.15, 0.2) is 30.5 Å². The Hall–Kier alpha value is -1.54. The molecule has 23 heavy (non-hydrogen) atoms. The van der Waals surface area contributed by atoms with Gasteiger partial charge in [0, 0.05) is 6.20 Å². The molecule has 0 unspecified atom stereocenters. The molecule has 5 N–H and O–H groups in total. The molecule has 1 saturated heterocycles. The smallest absolute Gasteiger partial charge is 0.399 e. The highest BCUT2D eigenvalue weighted by atomic mass is 16.7. The molecule has 0 amide bonds. The first-order valence-corrected chi connectivity index (χ1v) is 7.72. The molecule has 1 fully saturated rings. The van der Waals surface area contributed by atoms with Crippen molar-refractivity contribution in [2.45, 2.75) is 38.9 Å². The van der Waals surface area contributed by atoms with Crippen molar-refractivity contribution in [1.82, 2.24) is 5.01 Å². The monoisotopic (exact) mass is 319 g/mol. The van der Waals surface area contributed by atoms with E-state index in [1.54, 1.807) is 6.20 Å². The van der Waals surface area contributed by atoms with Crippen molar-refractivity contribution in [3.63, 3.8) is 0 Å². The second kappa shape index (κ2) is 6.53. The summed E-state index contributed by atoms with van der Waals surface area (Å²) < 4.78 is 12.0. The summed E-state index contributed by atoms with van der Waals surface area (Å²) in [4.78, 5) is 0. The van der Waals surface area contributed by atoms with Gasteiger partial charge in [0.15, 0.2) is 0 Å². The number of aliphatic hydroxyl groups is 1. The lowest BCUT2D eigenvalue weighted by molar-refractivity contribution is 0.00578. The Morgan fingerprint density at radius 2 is 1.70 bits per heavy atom. The van der Waals surface area contributed by atoms with Gasteiger partial charge < -0.3 is 25.2 Å². The van der Waals surface area contributed by atoms with Gasteiger partial charge in [0.25, 0.3) is 0 Å². The van der Waals surface area contributed by atoms with E-state index in [9.17, 15) is 0 Å². The first-order chi connectivity index (χ1) is 10.7. The molecule has 0 aromatic heterocycles. The maximum absolute atomic E-state index is 8.84. The fraction of sp³-hybridized carbons (Fsp3) is 0.500. The number of hydrogen-bond donors (Lipinski definition) is 3. The summed E-state index contributed by atoms with van der Waals surface area (Å²) >= 11 is 0. The van der Waals surface area contributed by atoms with Crippen LogP contribution in [0.25, 0.3) is 5.70 Å². The average molecular weight is 319 g/mol. The summed E-state index contributed by atoms with van der Waals surface area (Å²) in [5, 5.41) is 10.2. The summed E-state index contributed by atoms with van der Waals surface area (Å²) in [6.07, 6.45) is 1.60. The Balaban J connectivity index is 2.12. The van der Waals surface area contributed by atoms with E-state index in [0.717, 1.165) is 11.0 Å². The molecule has 0 atom stereocenters. The quantitative estimate of drug-likeness (QED) is 0.413. The van der Waals surface area contributed by atoms with E-state index in [1.807, 2.05) is 52.0 Å². The number of nitrogens with two attached hydrogens (primary N) is 2. The van der Waals surface area contributed by atoms with Crippen molar-refractivity contribution in [3.05, 3.63) is 36.0 Å². The van der Waals surface area contributed by atoms with E-state index < -0.39 is 0 Å². The van der Waals surface area contributed by atoms with Crippen LogP contribution in [0, 0.1) is 0 Å². The van der Waals surface area contributed by atoms with Crippen molar-refractivity contribution in [1.29, 1.82) is 0 Å². The fourth-order valence-electron chi connectivity index (χ4n) is 2.25. The predicted octanol–water partition coefficient (Wildman–Crippen LogP) is 0.411. The number of hydrogen-bond acceptors (Lipinski definition) is 6. The van der Waals surface area contributed by atoms with Crippen LogP contribution in [0.4, 0.5) is 0 Å². The Morgan fingerprint density at radius 3 is 2.17 bits per heavy atom. The fourth-order valence-corrected chi connectivity index (χ4v) is 2.25. The molecule has 1 aromatic carbocycles. The zero-order chi connectivity index (χ0) is 17.3. The Labute approximate surface area is 138 Å². The Bertz CT molecular complexity index is 556. The van der Waals surface area contributed by atoms with E-state index in [-0.39, 0.29) is 24.9 Å². The van der Waals surface area contributed by atoms with E-state index in [2.05, 4.69) is 0 Å². The molecular weight excluding hydrogens is 293 g/mol. The molecule has 1 heterocycles. The molecule has 6 nitrogen and oxygen atoms in total. The van der Waals surface area contributed by atoms with Crippen LogP contribution in [0.1, 0.15) is 33.3 Å². The van der Waals surface area contributed by atoms with Gasteiger partial charge in [-0.3, -0.25) is 0 Å². The van der Waals surface area contributed by atoms with E-state index >= 15 is 0 Å². The maximum atomic E-state index is 8.84. The van der Waals surface area contributed by atoms with Crippen molar-refractivity contribution in [2.24, 2.45) is 11.6 Å². The summed E-state index contributed by atoms with van der Waals surface area (Å²) in [5.74, 6) is 5.69. The predicted molar refractivity (Wildman–Crippen MR) is 92.3 cm³/mol. The summed E-state index contributed by atoms with van der Waals surface area (Å²) in [5.41, 5.74) is 7.61. The van der Waals surface area contributed by atoms with Crippen LogP contribution < -0.4 is 17.0 Å². The molecule has 0 bridgehead atoms. The first-order valence-electron chi connectivity index (χ1n) is 7.72. The highest BCUT2D eigenvalue weighted by Gasteiger charge is 2.51. The van der Waals surface area contributed by atoms with Crippen molar-refractivity contribution < 1.29 is 14.4 Å². The summed E-state index contributed by atoms with van der Waals surface area (Å²) in [7, 11) is -0.389. The van der Waals surface area contributed by atoms with Crippen LogP contribution in [0.3, 0.4) is 0 Å². The summed E-state index contributed by atoms with van der Waals surface area (Å²) in [6.45, 7) is 8.41. The zero-order valence-corrected chi connectivity index (χ0v) is 14.2. The number of rotatable bonds is 5. The number of aliphatic hydroxyl groups excluding tert-OH is 1. The molecule has 1 aliphatic rings. The molecule has 1 aliphatic heterocycles. The maximum Gasteiger partial charge on any atom is 0.494 e. The third-order valence-corrected chi connectivity index (χ3v) is 4.43. The van der Waals surface area contributed by atoms with Gasteiger partial charge in [-0.15, -0.1) is 0 Å².